The van der Waals surface area contributed by atoms with E-state index in [1.54, 1.807) is 6.07 Å². The molecule has 0 fully saturated rings. The van der Waals surface area contributed by atoms with Crippen molar-refractivity contribution in [3.63, 3.8) is 0 Å². The van der Waals surface area contributed by atoms with Gasteiger partial charge in [-0.05, 0) is 25.1 Å². The first kappa shape index (κ1) is 18.0. The Labute approximate surface area is 172 Å². The van der Waals surface area contributed by atoms with Crippen LogP contribution in [0.25, 0.3) is 20.3 Å². The number of nitrogens with zero attached hydrogens (tertiary/aromatic N) is 2. The lowest BCUT2D eigenvalue weighted by molar-refractivity contribution is 0.100. The molecule has 26 heavy (non-hydrogen) atoms. The number of halogens is 3. The number of fused-ring (bicyclic) bond motifs is 2. The fourth-order valence-electron chi connectivity index (χ4n) is 2.80. The van der Waals surface area contributed by atoms with Crippen molar-refractivity contribution < 1.29 is 4.79 Å². The summed E-state index contributed by atoms with van der Waals surface area (Å²) in [5.41, 5.74) is 0.831. The number of aryl methyl sites for hydroxylation is 1. The molecule has 0 radical (unpaired) electrons. The van der Waals surface area contributed by atoms with Crippen molar-refractivity contribution in [3.8, 4) is 0 Å². The van der Waals surface area contributed by atoms with Gasteiger partial charge in [0.1, 0.15) is 4.88 Å². The number of hydrogen-bond donors (Lipinski definition) is 0. The van der Waals surface area contributed by atoms with Crippen LogP contribution in [0.5, 0.6) is 0 Å². The molecule has 0 unspecified atom stereocenters. The van der Waals surface area contributed by atoms with Gasteiger partial charge in [-0.15, -0.1) is 11.3 Å². The molecule has 0 atom stereocenters. The van der Waals surface area contributed by atoms with E-state index < -0.39 is 0 Å². The second-order valence-electron chi connectivity index (χ2n) is 5.52. The minimum atomic E-state index is -0.354. The van der Waals surface area contributed by atoms with Crippen LogP contribution in [0, 0.1) is 0 Å². The number of rotatable bonds is 2. The molecule has 8 heteroatoms. The number of carbonyl (C=O) groups is 1. The molecule has 0 aliphatic heterocycles. The van der Waals surface area contributed by atoms with Crippen molar-refractivity contribution in [2.75, 3.05) is 0 Å². The van der Waals surface area contributed by atoms with E-state index in [0.29, 0.717) is 31.3 Å². The smallest absolute Gasteiger partial charge is 0.291 e. The fraction of sp³-hybridized carbons (Fsp3) is 0.111. The first-order valence-corrected chi connectivity index (χ1v) is 10.5. The lowest BCUT2D eigenvalue weighted by Gasteiger charge is -2.02. The lowest BCUT2D eigenvalue weighted by Crippen LogP contribution is -2.15. The Hall–Kier alpha value is -1.37. The average molecular weight is 442 g/mol. The van der Waals surface area contributed by atoms with Crippen LogP contribution in [0.2, 0.25) is 15.1 Å². The molecule has 4 rings (SSSR count). The molecule has 0 aliphatic carbocycles. The third-order valence-electron chi connectivity index (χ3n) is 3.94. The minimum Gasteiger partial charge on any atom is -0.315 e. The number of aromatic nitrogens is 1. The quantitative estimate of drug-likeness (QED) is 0.343. The monoisotopic (exact) mass is 440 g/mol. The third-order valence-corrected chi connectivity index (χ3v) is 7.13. The van der Waals surface area contributed by atoms with Gasteiger partial charge in [-0.1, -0.05) is 64.3 Å². The maximum absolute atomic E-state index is 12.8. The zero-order valence-corrected chi connectivity index (χ0v) is 17.3. The number of thiophene rings is 1. The highest BCUT2D eigenvalue weighted by atomic mass is 35.5. The Morgan fingerprint density at radius 1 is 1.12 bits per heavy atom. The maximum Gasteiger partial charge on any atom is 0.291 e. The summed E-state index contributed by atoms with van der Waals surface area (Å²) >= 11 is 21.6. The summed E-state index contributed by atoms with van der Waals surface area (Å²) in [6.45, 7) is 2.61. The molecule has 2 aromatic carbocycles. The van der Waals surface area contributed by atoms with Gasteiger partial charge in [0.2, 0.25) is 0 Å². The summed E-state index contributed by atoms with van der Waals surface area (Å²) in [4.78, 5) is 18.1. The van der Waals surface area contributed by atoms with E-state index in [4.69, 9.17) is 34.8 Å². The van der Waals surface area contributed by atoms with Crippen LogP contribution in [0.1, 0.15) is 16.6 Å². The van der Waals surface area contributed by atoms with E-state index in [1.165, 1.54) is 22.7 Å². The van der Waals surface area contributed by atoms with Crippen LogP contribution >= 0.6 is 57.5 Å². The highest BCUT2D eigenvalue weighted by Gasteiger charge is 2.17. The van der Waals surface area contributed by atoms with E-state index in [-0.39, 0.29) is 5.91 Å². The number of amides is 1. The zero-order valence-electron chi connectivity index (χ0n) is 13.4. The predicted molar refractivity (Wildman–Crippen MR) is 112 cm³/mol. The van der Waals surface area contributed by atoms with Gasteiger partial charge in [-0.25, -0.2) is 0 Å². The van der Waals surface area contributed by atoms with Crippen LogP contribution in [-0.4, -0.2) is 10.5 Å². The lowest BCUT2D eigenvalue weighted by atomic mass is 10.2. The molecule has 0 saturated carbocycles. The molecule has 3 nitrogen and oxygen atoms in total. The fourth-order valence-corrected chi connectivity index (χ4v) is 6.07. The normalized spacial score (nSPS) is 12.4. The van der Waals surface area contributed by atoms with Gasteiger partial charge < -0.3 is 4.57 Å². The van der Waals surface area contributed by atoms with Crippen LogP contribution < -0.4 is 4.80 Å². The van der Waals surface area contributed by atoms with Crippen LogP contribution in [0.4, 0.5) is 0 Å². The number of hydrogen-bond acceptors (Lipinski definition) is 3. The zero-order chi connectivity index (χ0) is 18.4. The average Bonchev–Trinajstić information content (AvgIpc) is 3.12. The van der Waals surface area contributed by atoms with Crippen LogP contribution in [0.3, 0.4) is 0 Å². The SMILES string of the molecule is CCn1c(=NC(=O)c2sc3ccccc3c2Cl)sc2cc(Cl)cc(Cl)c21. The molecular formula is C18H11Cl3N2OS2. The maximum atomic E-state index is 12.8. The van der Waals surface area contributed by atoms with Crippen molar-refractivity contribution in [1.82, 2.24) is 4.57 Å². The third kappa shape index (κ3) is 2.98. The molecule has 0 spiro atoms. The van der Waals surface area contributed by atoms with Crippen molar-refractivity contribution in [2.24, 2.45) is 4.99 Å². The van der Waals surface area contributed by atoms with E-state index in [2.05, 4.69) is 4.99 Å². The van der Waals surface area contributed by atoms with Crippen molar-refractivity contribution in [1.29, 1.82) is 0 Å². The Balaban J connectivity index is 1.91. The molecule has 0 N–H and O–H groups in total. The van der Waals surface area contributed by atoms with E-state index >= 15 is 0 Å². The van der Waals surface area contributed by atoms with Crippen LogP contribution in [-0.2, 0) is 6.54 Å². The number of thiazole rings is 1. The van der Waals surface area contributed by atoms with E-state index in [1.807, 2.05) is 41.8 Å². The Kier molecular flexibility index (Phi) is 4.84. The van der Waals surface area contributed by atoms with Gasteiger partial charge in [0.15, 0.2) is 4.80 Å². The standard InChI is InChI=1S/C18H11Cl3N2OS2/c1-2-23-15-11(20)7-9(19)8-13(15)26-18(23)22-17(24)16-14(21)10-5-3-4-6-12(10)25-16/h3-8H,2H2,1H3. The van der Waals surface area contributed by atoms with Crippen molar-refractivity contribution >= 4 is 83.7 Å². The molecule has 2 aromatic heterocycles. The molecule has 4 aromatic rings. The summed E-state index contributed by atoms with van der Waals surface area (Å²) in [6, 6.07) is 11.2. The first-order valence-electron chi connectivity index (χ1n) is 7.74. The Bertz CT molecular complexity index is 1240. The van der Waals surface area contributed by atoms with Gasteiger partial charge in [-0.2, -0.15) is 4.99 Å². The summed E-state index contributed by atoms with van der Waals surface area (Å²) < 4.78 is 3.77. The van der Waals surface area contributed by atoms with Crippen molar-refractivity contribution in [2.45, 2.75) is 13.5 Å². The van der Waals surface area contributed by atoms with Gasteiger partial charge in [-0.3, -0.25) is 4.79 Å². The van der Waals surface area contributed by atoms with E-state index in [0.717, 1.165) is 20.3 Å². The van der Waals surface area contributed by atoms with Crippen molar-refractivity contribution in [3.05, 3.63) is 61.1 Å². The summed E-state index contributed by atoms with van der Waals surface area (Å²) in [7, 11) is 0. The molecule has 0 aliphatic rings. The molecule has 0 saturated heterocycles. The number of benzene rings is 2. The second-order valence-corrected chi connectivity index (χ2v) is 8.80. The Morgan fingerprint density at radius 2 is 1.88 bits per heavy atom. The molecule has 132 valence electrons. The van der Waals surface area contributed by atoms with Gasteiger partial charge in [0, 0.05) is 21.7 Å². The molecular weight excluding hydrogens is 431 g/mol. The van der Waals surface area contributed by atoms with E-state index in [9.17, 15) is 4.79 Å². The first-order chi connectivity index (χ1) is 12.5. The Morgan fingerprint density at radius 3 is 2.62 bits per heavy atom. The molecule has 1 amide bonds. The highest BCUT2D eigenvalue weighted by Crippen LogP contribution is 2.35. The van der Waals surface area contributed by atoms with Crippen LogP contribution in [0.15, 0.2) is 41.4 Å². The van der Waals surface area contributed by atoms with Gasteiger partial charge in [0.05, 0.1) is 20.3 Å². The largest absolute Gasteiger partial charge is 0.315 e. The summed E-state index contributed by atoms with van der Waals surface area (Å²) in [6.07, 6.45) is 0. The van der Waals surface area contributed by atoms with Gasteiger partial charge in [0.25, 0.3) is 5.91 Å². The minimum absolute atomic E-state index is 0.354. The second kappa shape index (κ2) is 6.98. The predicted octanol–water partition coefficient (Wildman–Crippen LogP) is 6.64. The summed E-state index contributed by atoms with van der Waals surface area (Å²) in [5.74, 6) is -0.354. The number of carbonyl (C=O) groups excluding carboxylic acids is 1. The molecule has 0 bridgehead atoms. The highest BCUT2D eigenvalue weighted by molar-refractivity contribution is 7.21. The topological polar surface area (TPSA) is 34.4 Å². The summed E-state index contributed by atoms with van der Waals surface area (Å²) in [5, 5.41) is 2.41. The van der Waals surface area contributed by atoms with Gasteiger partial charge >= 0.3 is 0 Å². The molecule has 2 heterocycles.